The number of imide groups is 1. The standard InChI is InChI=1S/C17H15ClN2O4S/c1-19(10-11-4-3-5-12(18)8-11)25(23,24)13-6-7-14-15(9-13)17(22)20(2)16(14)21/h3-9H,10H2,1-2H3. The predicted molar refractivity (Wildman–Crippen MR) is 93.0 cm³/mol. The molecule has 0 aromatic heterocycles. The van der Waals surface area contributed by atoms with Crippen molar-refractivity contribution in [2.24, 2.45) is 0 Å². The van der Waals surface area contributed by atoms with Crippen LogP contribution in [0.3, 0.4) is 0 Å². The Morgan fingerprint density at radius 3 is 2.40 bits per heavy atom. The fraction of sp³-hybridized carbons (Fsp3) is 0.176. The molecule has 0 fully saturated rings. The second kappa shape index (κ2) is 6.25. The van der Waals surface area contributed by atoms with Gasteiger partial charge in [-0.1, -0.05) is 23.7 Å². The van der Waals surface area contributed by atoms with Gasteiger partial charge in [0.25, 0.3) is 11.8 Å². The summed E-state index contributed by atoms with van der Waals surface area (Å²) in [4.78, 5) is 24.9. The number of hydrogen-bond donors (Lipinski definition) is 0. The molecule has 1 aliphatic heterocycles. The van der Waals surface area contributed by atoms with Crippen molar-refractivity contribution in [1.29, 1.82) is 0 Å². The van der Waals surface area contributed by atoms with Gasteiger partial charge in [-0.25, -0.2) is 8.42 Å². The molecular formula is C17H15ClN2O4S. The summed E-state index contributed by atoms with van der Waals surface area (Å²) in [6.45, 7) is 0.132. The normalized spacial score (nSPS) is 14.3. The Balaban J connectivity index is 1.93. The van der Waals surface area contributed by atoms with Crippen molar-refractivity contribution in [3.05, 3.63) is 64.2 Å². The number of nitrogens with zero attached hydrogens (tertiary/aromatic N) is 2. The lowest BCUT2D eigenvalue weighted by atomic mass is 10.1. The third-order valence-electron chi connectivity index (χ3n) is 4.06. The lowest BCUT2D eigenvalue weighted by molar-refractivity contribution is 0.0693. The van der Waals surface area contributed by atoms with E-state index in [0.29, 0.717) is 5.02 Å². The summed E-state index contributed by atoms with van der Waals surface area (Å²) in [5.41, 5.74) is 1.05. The van der Waals surface area contributed by atoms with Crippen molar-refractivity contribution in [1.82, 2.24) is 9.21 Å². The Hall–Kier alpha value is -2.22. The van der Waals surface area contributed by atoms with Gasteiger partial charge in [-0.05, 0) is 35.9 Å². The molecule has 0 saturated carbocycles. The minimum atomic E-state index is -3.82. The fourth-order valence-electron chi connectivity index (χ4n) is 2.66. The molecule has 0 bridgehead atoms. The first kappa shape index (κ1) is 17.6. The Morgan fingerprint density at radius 1 is 1.04 bits per heavy atom. The molecule has 25 heavy (non-hydrogen) atoms. The molecule has 1 heterocycles. The van der Waals surface area contributed by atoms with Gasteiger partial charge in [0.1, 0.15) is 0 Å². The van der Waals surface area contributed by atoms with Crippen LogP contribution in [0.15, 0.2) is 47.4 Å². The van der Waals surface area contributed by atoms with Gasteiger partial charge in [-0.15, -0.1) is 0 Å². The topological polar surface area (TPSA) is 74.8 Å². The number of hydrogen-bond acceptors (Lipinski definition) is 4. The van der Waals surface area contributed by atoms with Crippen LogP contribution >= 0.6 is 11.6 Å². The van der Waals surface area contributed by atoms with Crippen molar-refractivity contribution in [2.75, 3.05) is 14.1 Å². The fourth-order valence-corrected chi connectivity index (χ4v) is 4.06. The lowest BCUT2D eigenvalue weighted by Crippen LogP contribution is -2.26. The predicted octanol–water partition coefficient (Wildman–Crippen LogP) is 2.39. The van der Waals surface area contributed by atoms with E-state index in [0.717, 1.165) is 10.5 Å². The quantitative estimate of drug-likeness (QED) is 0.765. The number of benzene rings is 2. The van der Waals surface area contributed by atoms with E-state index in [1.807, 2.05) is 0 Å². The van der Waals surface area contributed by atoms with Crippen molar-refractivity contribution < 1.29 is 18.0 Å². The van der Waals surface area contributed by atoms with E-state index in [1.54, 1.807) is 24.3 Å². The molecule has 3 rings (SSSR count). The van der Waals surface area contributed by atoms with Gasteiger partial charge in [-0.3, -0.25) is 14.5 Å². The molecule has 1 aliphatic rings. The molecule has 130 valence electrons. The molecule has 8 heteroatoms. The zero-order valence-electron chi connectivity index (χ0n) is 13.6. The van der Waals surface area contributed by atoms with Crippen LogP contribution in [0.2, 0.25) is 5.02 Å². The number of halogens is 1. The summed E-state index contributed by atoms with van der Waals surface area (Å²) in [6, 6.07) is 10.9. The first-order chi connectivity index (χ1) is 11.7. The summed E-state index contributed by atoms with van der Waals surface area (Å²) in [7, 11) is -1.01. The average molecular weight is 379 g/mol. The minimum Gasteiger partial charge on any atom is -0.277 e. The molecule has 2 aromatic carbocycles. The number of carbonyl (C=O) groups is 2. The molecule has 0 N–H and O–H groups in total. The van der Waals surface area contributed by atoms with E-state index < -0.39 is 21.8 Å². The summed E-state index contributed by atoms with van der Waals surface area (Å²) in [5.74, 6) is -0.939. The van der Waals surface area contributed by atoms with Crippen molar-refractivity contribution in [3.63, 3.8) is 0 Å². The Labute approximate surface area is 150 Å². The zero-order chi connectivity index (χ0) is 18.4. The van der Waals surface area contributed by atoms with Crippen LogP contribution in [0, 0.1) is 0 Å². The lowest BCUT2D eigenvalue weighted by Gasteiger charge is -2.17. The van der Waals surface area contributed by atoms with Crippen LogP contribution in [0.25, 0.3) is 0 Å². The van der Waals surface area contributed by atoms with Crippen LogP contribution in [-0.4, -0.2) is 43.5 Å². The molecule has 6 nitrogen and oxygen atoms in total. The smallest absolute Gasteiger partial charge is 0.261 e. The van der Waals surface area contributed by atoms with Crippen molar-refractivity contribution >= 4 is 33.4 Å². The minimum absolute atomic E-state index is 0.0350. The molecule has 2 aromatic rings. The highest BCUT2D eigenvalue weighted by molar-refractivity contribution is 7.89. The van der Waals surface area contributed by atoms with Gasteiger partial charge in [-0.2, -0.15) is 4.31 Å². The number of carbonyl (C=O) groups excluding carboxylic acids is 2. The summed E-state index contributed by atoms with van der Waals surface area (Å²) >= 11 is 5.92. The monoisotopic (exact) mass is 378 g/mol. The maximum absolute atomic E-state index is 12.8. The molecule has 0 unspecified atom stereocenters. The van der Waals surface area contributed by atoms with Crippen LogP contribution in [0.5, 0.6) is 0 Å². The van der Waals surface area contributed by atoms with Gasteiger partial charge in [0, 0.05) is 25.7 Å². The number of fused-ring (bicyclic) bond motifs is 1. The van der Waals surface area contributed by atoms with Crippen molar-refractivity contribution in [3.8, 4) is 0 Å². The van der Waals surface area contributed by atoms with Crippen LogP contribution < -0.4 is 0 Å². The van der Waals surface area contributed by atoms with E-state index >= 15 is 0 Å². The van der Waals surface area contributed by atoms with Gasteiger partial charge in [0.05, 0.1) is 16.0 Å². The molecule has 0 atom stereocenters. The molecular weight excluding hydrogens is 364 g/mol. The van der Waals surface area contributed by atoms with Gasteiger partial charge in [0.2, 0.25) is 10.0 Å². The molecule has 0 saturated heterocycles. The third kappa shape index (κ3) is 3.06. The summed E-state index contributed by atoms with van der Waals surface area (Å²) in [5, 5.41) is 0.521. The van der Waals surface area contributed by atoms with Gasteiger partial charge >= 0.3 is 0 Å². The van der Waals surface area contributed by atoms with Crippen LogP contribution in [0.4, 0.5) is 0 Å². The van der Waals surface area contributed by atoms with E-state index in [2.05, 4.69) is 0 Å². The van der Waals surface area contributed by atoms with E-state index in [4.69, 9.17) is 11.6 Å². The molecule has 2 amide bonds. The highest BCUT2D eigenvalue weighted by Gasteiger charge is 2.34. The number of rotatable bonds is 4. The number of sulfonamides is 1. The Morgan fingerprint density at radius 2 is 1.72 bits per heavy atom. The molecule has 0 radical (unpaired) electrons. The maximum Gasteiger partial charge on any atom is 0.261 e. The first-order valence-corrected chi connectivity index (χ1v) is 9.21. The van der Waals surface area contributed by atoms with Gasteiger partial charge < -0.3 is 0 Å². The first-order valence-electron chi connectivity index (χ1n) is 7.39. The largest absolute Gasteiger partial charge is 0.277 e. The van der Waals surface area contributed by atoms with E-state index in [-0.39, 0.29) is 22.6 Å². The highest BCUT2D eigenvalue weighted by atomic mass is 35.5. The second-order valence-corrected chi connectivity index (χ2v) is 8.25. The Kier molecular flexibility index (Phi) is 4.40. The maximum atomic E-state index is 12.8. The van der Waals surface area contributed by atoms with Crippen molar-refractivity contribution in [2.45, 2.75) is 11.4 Å². The van der Waals surface area contributed by atoms with E-state index in [9.17, 15) is 18.0 Å². The third-order valence-corrected chi connectivity index (χ3v) is 6.10. The SMILES string of the molecule is CN1C(=O)c2ccc(S(=O)(=O)N(C)Cc3cccc(Cl)c3)cc2C1=O. The van der Waals surface area contributed by atoms with Crippen LogP contribution in [-0.2, 0) is 16.6 Å². The summed E-state index contributed by atoms with van der Waals surface area (Å²) < 4.78 is 26.7. The zero-order valence-corrected chi connectivity index (χ0v) is 15.1. The summed E-state index contributed by atoms with van der Waals surface area (Å²) in [6.07, 6.45) is 0. The molecule has 0 aliphatic carbocycles. The second-order valence-electron chi connectivity index (χ2n) is 5.77. The molecule has 0 spiro atoms. The van der Waals surface area contributed by atoms with Gasteiger partial charge in [0.15, 0.2) is 0 Å². The number of amides is 2. The average Bonchev–Trinajstić information content (AvgIpc) is 2.79. The Bertz CT molecular complexity index is 988. The highest BCUT2D eigenvalue weighted by Crippen LogP contribution is 2.26. The van der Waals surface area contributed by atoms with Crippen LogP contribution in [0.1, 0.15) is 26.3 Å². The van der Waals surface area contributed by atoms with E-state index in [1.165, 1.54) is 36.6 Å².